The number of carbonyl (C=O) groups excluding carboxylic acids is 2. The smallest absolute Gasteiger partial charge is 0.336 e. The molecule has 7 nitrogen and oxygen atoms in total. The molecule has 2 aromatic rings. The summed E-state index contributed by atoms with van der Waals surface area (Å²) in [6, 6.07) is 6.34. The van der Waals surface area contributed by atoms with Gasteiger partial charge in [-0.2, -0.15) is 0 Å². The van der Waals surface area contributed by atoms with Gasteiger partial charge in [-0.25, -0.2) is 9.59 Å². The van der Waals surface area contributed by atoms with Gasteiger partial charge in [0.2, 0.25) is 0 Å². The van der Waals surface area contributed by atoms with Crippen LogP contribution in [0.5, 0.6) is 0 Å². The van der Waals surface area contributed by atoms with E-state index in [9.17, 15) is 14.4 Å². The maximum atomic E-state index is 11.8. The molecule has 0 aliphatic rings. The van der Waals surface area contributed by atoms with E-state index in [2.05, 4.69) is 5.32 Å². The third-order valence-electron chi connectivity index (χ3n) is 3.73. The second-order valence-corrected chi connectivity index (χ2v) is 5.85. The summed E-state index contributed by atoms with van der Waals surface area (Å²) in [7, 11) is 0. The molecule has 134 valence electrons. The van der Waals surface area contributed by atoms with Crippen LogP contribution in [-0.4, -0.2) is 18.5 Å². The standard InChI is InChI=1S/C18H22N2O5/c1-12-6-7-14-13(10-17(22)25-15(14)9-12)11-24-16(21)5-3-2-4-8-20-18(19)23/h6-7,9-10H,2-5,8,11H2,1H3,(H3,19,20,23). The van der Waals surface area contributed by atoms with E-state index in [4.69, 9.17) is 14.9 Å². The number of aryl methyl sites for hydroxylation is 1. The van der Waals surface area contributed by atoms with Gasteiger partial charge in [0.15, 0.2) is 0 Å². The van der Waals surface area contributed by atoms with E-state index in [1.165, 1.54) is 6.07 Å². The van der Waals surface area contributed by atoms with Crippen molar-refractivity contribution in [2.24, 2.45) is 5.73 Å². The van der Waals surface area contributed by atoms with Crippen LogP contribution in [0.3, 0.4) is 0 Å². The first kappa shape index (κ1) is 18.5. The van der Waals surface area contributed by atoms with E-state index in [1.807, 2.05) is 19.1 Å². The molecule has 3 N–H and O–H groups in total. The molecule has 1 heterocycles. The molecule has 1 aromatic heterocycles. The predicted molar refractivity (Wildman–Crippen MR) is 93.1 cm³/mol. The number of primary amides is 1. The Labute approximate surface area is 145 Å². The van der Waals surface area contributed by atoms with E-state index in [0.29, 0.717) is 24.1 Å². The van der Waals surface area contributed by atoms with Crippen molar-refractivity contribution in [3.63, 3.8) is 0 Å². The monoisotopic (exact) mass is 346 g/mol. The van der Waals surface area contributed by atoms with Gasteiger partial charge in [0.25, 0.3) is 0 Å². The molecule has 0 spiro atoms. The molecular weight excluding hydrogens is 324 g/mol. The average molecular weight is 346 g/mol. The first-order chi connectivity index (χ1) is 12.0. The van der Waals surface area contributed by atoms with Crippen LogP contribution in [0.15, 0.2) is 33.5 Å². The summed E-state index contributed by atoms with van der Waals surface area (Å²) in [4.78, 5) is 34.0. The van der Waals surface area contributed by atoms with Gasteiger partial charge in [-0.05, 0) is 31.4 Å². The van der Waals surface area contributed by atoms with Crippen LogP contribution in [-0.2, 0) is 16.1 Å². The topological polar surface area (TPSA) is 112 Å². The normalized spacial score (nSPS) is 10.6. The number of nitrogens with two attached hydrogens (primary N) is 1. The zero-order valence-electron chi connectivity index (χ0n) is 14.2. The molecule has 0 radical (unpaired) electrons. The van der Waals surface area contributed by atoms with E-state index >= 15 is 0 Å². The lowest BCUT2D eigenvalue weighted by atomic mass is 10.1. The molecule has 0 atom stereocenters. The van der Waals surface area contributed by atoms with Gasteiger partial charge in [-0.15, -0.1) is 0 Å². The number of hydrogen-bond donors (Lipinski definition) is 2. The van der Waals surface area contributed by atoms with Gasteiger partial charge < -0.3 is 20.2 Å². The third kappa shape index (κ3) is 5.95. The Bertz CT molecular complexity index is 813. The van der Waals surface area contributed by atoms with Crippen LogP contribution >= 0.6 is 0 Å². The van der Waals surface area contributed by atoms with Crippen molar-refractivity contribution in [1.82, 2.24) is 5.32 Å². The summed E-state index contributed by atoms with van der Waals surface area (Å²) in [6.45, 7) is 2.44. The zero-order chi connectivity index (χ0) is 18.2. The van der Waals surface area contributed by atoms with Crippen molar-refractivity contribution in [3.05, 3.63) is 45.8 Å². The van der Waals surface area contributed by atoms with Crippen molar-refractivity contribution in [2.75, 3.05) is 6.54 Å². The summed E-state index contributed by atoms with van der Waals surface area (Å²) in [5.41, 5.74) is 6.59. The van der Waals surface area contributed by atoms with Gasteiger partial charge >= 0.3 is 17.6 Å². The number of unbranched alkanes of at least 4 members (excludes halogenated alkanes) is 2. The highest BCUT2D eigenvalue weighted by atomic mass is 16.5. The Hall–Kier alpha value is -2.83. The van der Waals surface area contributed by atoms with E-state index in [1.54, 1.807) is 6.07 Å². The van der Waals surface area contributed by atoms with Crippen LogP contribution in [0, 0.1) is 6.92 Å². The molecule has 7 heteroatoms. The Morgan fingerprint density at radius 1 is 1.20 bits per heavy atom. The summed E-state index contributed by atoms with van der Waals surface area (Å²) in [6.07, 6.45) is 2.48. The maximum Gasteiger partial charge on any atom is 0.336 e. The van der Waals surface area contributed by atoms with E-state index < -0.39 is 11.7 Å². The molecule has 0 saturated heterocycles. The molecular formula is C18H22N2O5. The third-order valence-corrected chi connectivity index (χ3v) is 3.73. The number of carbonyl (C=O) groups is 2. The maximum absolute atomic E-state index is 11.8. The summed E-state index contributed by atoms with van der Waals surface area (Å²) >= 11 is 0. The molecule has 0 unspecified atom stereocenters. The van der Waals surface area contributed by atoms with Gasteiger partial charge in [-0.3, -0.25) is 4.79 Å². The summed E-state index contributed by atoms with van der Waals surface area (Å²) < 4.78 is 10.4. The van der Waals surface area contributed by atoms with Crippen LogP contribution in [0.4, 0.5) is 4.79 Å². The highest BCUT2D eigenvalue weighted by molar-refractivity contribution is 5.81. The molecule has 0 fully saturated rings. The number of benzene rings is 1. The molecule has 2 rings (SSSR count). The van der Waals surface area contributed by atoms with Gasteiger partial charge in [0.1, 0.15) is 12.2 Å². The quantitative estimate of drug-likeness (QED) is 0.433. The Morgan fingerprint density at radius 2 is 2.00 bits per heavy atom. The second-order valence-electron chi connectivity index (χ2n) is 5.85. The number of fused-ring (bicyclic) bond motifs is 1. The number of urea groups is 1. The SMILES string of the molecule is Cc1ccc2c(COC(=O)CCCCCNC(N)=O)cc(=O)oc2c1. The largest absolute Gasteiger partial charge is 0.461 e. The number of amides is 2. The minimum atomic E-state index is -0.547. The highest BCUT2D eigenvalue weighted by Gasteiger charge is 2.09. The molecule has 25 heavy (non-hydrogen) atoms. The molecule has 1 aromatic carbocycles. The first-order valence-electron chi connectivity index (χ1n) is 8.18. The minimum absolute atomic E-state index is 0.0349. The first-order valence-corrected chi connectivity index (χ1v) is 8.18. The van der Waals surface area contributed by atoms with Crippen molar-refractivity contribution in [1.29, 1.82) is 0 Å². The van der Waals surface area contributed by atoms with Gasteiger partial charge in [0.05, 0.1) is 0 Å². The lowest BCUT2D eigenvalue weighted by Crippen LogP contribution is -2.29. The van der Waals surface area contributed by atoms with Crippen LogP contribution in [0.1, 0.15) is 36.8 Å². The fourth-order valence-corrected chi connectivity index (χ4v) is 2.47. The Balaban J connectivity index is 1.83. The molecule has 0 bridgehead atoms. The lowest BCUT2D eigenvalue weighted by molar-refractivity contribution is -0.145. The number of ether oxygens (including phenoxy) is 1. The van der Waals surface area contributed by atoms with Crippen molar-refractivity contribution < 1.29 is 18.7 Å². The lowest BCUT2D eigenvalue weighted by Gasteiger charge is -2.08. The van der Waals surface area contributed by atoms with Crippen LogP contribution < -0.4 is 16.7 Å². The minimum Gasteiger partial charge on any atom is -0.461 e. The van der Waals surface area contributed by atoms with E-state index in [0.717, 1.165) is 23.8 Å². The zero-order valence-corrected chi connectivity index (χ0v) is 14.2. The Kier molecular flexibility index (Phi) is 6.56. The van der Waals surface area contributed by atoms with Crippen molar-refractivity contribution in [3.8, 4) is 0 Å². The second kappa shape index (κ2) is 8.86. The summed E-state index contributed by atoms with van der Waals surface area (Å²) in [5, 5.41) is 3.25. The average Bonchev–Trinajstić information content (AvgIpc) is 2.55. The fraction of sp³-hybridized carbons (Fsp3) is 0.389. The Morgan fingerprint density at radius 3 is 2.76 bits per heavy atom. The van der Waals surface area contributed by atoms with Crippen LogP contribution in [0.2, 0.25) is 0 Å². The molecule has 0 aliphatic carbocycles. The number of rotatable bonds is 8. The summed E-state index contributed by atoms with van der Waals surface area (Å²) in [5.74, 6) is -0.323. The van der Waals surface area contributed by atoms with Crippen molar-refractivity contribution >= 4 is 23.0 Å². The number of nitrogens with one attached hydrogen (secondary N) is 1. The van der Waals surface area contributed by atoms with Crippen LogP contribution in [0.25, 0.3) is 11.0 Å². The molecule has 2 amide bonds. The van der Waals surface area contributed by atoms with E-state index in [-0.39, 0.29) is 19.0 Å². The van der Waals surface area contributed by atoms with Gasteiger partial charge in [-0.1, -0.05) is 18.6 Å². The van der Waals surface area contributed by atoms with Gasteiger partial charge in [0, 0.05) is 30.0 Å². The molecule has 0 saturated carbocycles. The fourth-order valence-electron chi connectivity index (χ4n) is 2.47. The number of hydrogen-bond acceptors (Lipinski definition) is 5. The predicted octanol–water partition coefficient (Wildman–Crippen LogP) is 2.37. The molecule has 0 aliphatic heterocycles. The number of esters is 1. The van der Waals surface area contributed by atoms with Crippen molar-refractivity contribution in [2.45, 2.75) is 39.2 Å². The highest BCUT2D eigenvalue weighted by Crippen LogP contribution is 2.19.